The molecule has 0 bridgehead atoms. The summed E-state index contributed by atoms with van der Waals surface area (Å²) in [5.74, 6) is -0.137. The Morgan fingerprint density at radius 3 is 2.65 bits per heavy atom. The van der Waals surface area contributed by atoms with Crippen molar-refractivity contribution in [1.29, 1.82) is 5.26 Å². The highest BCUT2D eigenvalue weighted by Crippen LogP contribution is 2.25. The first kappa shape index (κ1) is 22.5. The van der Waals surface area contributed by atoms with Crippen molar-refractivity contribution >= 4 is 23.3 Å². The molecule has 0 saturated carbocycles. The van der Waals surface area contributed by atoms with Gasteiger partial charge in [0, 0.05) is 11.9 Å². The Balaban J connectivity index is 1.78. The molecule has 1 N–H and O–H groups in total. The van der Waals surface area contributed by atoms with Crippen LogP contribution in [0.4, 0.5) is 5.69 Å². The first-order valence-electron chi connectivity index (χ1n) is 10.8. The summed E-state index contributed by atoms with van der Waals surface area (Å²) >= 11 is 0. The van der Waals surface area contributed by atoms with Gasteiger partial charge in [-0.1, -0.05) is 37.3 Å². The zero-order valence-corrected chi connectivity index (χ0v) is 18.8. The van der Waals surface area contributed by atoms with Crippen LogP contribution in [-0.2, 0) is 11.2 Å². The molecule has 7 nitrogen and oxygen atoms in total. The van der Waals surface area contributed by atoms with E-state index in [9.17, 15) is 14.9 Å². The fourth-order valence-electron chi connectivity index (χ4n) is 3.40. The second kappa shape index (κ2) is 9.84. The zero-order chi connectivity index (χ0) is 24.1. The average Bonchev–Trinajstić information content (AvgIpc) is 2.84. The van der Waals surface area contributed by atoms with Gasteiger partial charge in [0.2, 0.25) is 5.88 Å². The largest absolute Gasteiger partial charge is 0.438 e. The molecule has 0 aliphatic carbocycles. The average molecular weight is 450 g/mol. The summed E-state index contributed by atoms with van der Waals surface area (Å²) in [5, 5.41) is 12.4. The molecule has 2 heterocycles. The number of nitrogens with one attached hydrogen (secondary N) is 1. The maximum absolute atomic E-state index is 13.3. The Hall–Kier alpha value is -4.70. The number of benzene rings is 2. The lowest BCUT2D eigenvalue weighted by Crippen LogP contribution is -2.20. The molecule has 4 rings (SSSR count). The molecule has 0 atom stereocenters. The molecule has 34 heavy (non-hydrogen) atoms. The second-order valence-electron chi connectivity index (χ2n) is 7.66. The van der Waals surface area contributed by atoms with Crippen molar-refractivity contribution in [2.24, 2.45) is 0 Å². The van der Waals surface area contributed by atoms with Crippen molar-refractivity contribution in [2.45, 2.75) is 20.3 Å². The summed E-state index contributed by atoms with van der Waals surface area (Å²) in [6.45, 7) is 3.95. The van der Waals surface area contributed by atoms with Crippen molar-refractivity contribution in [2.75, 3.05) is 5.32 Å². The van der Waals surface area contributed by atoms with Gasteiger partial charge in [0.15, 0.2) is 0 Å². The predicted molar refractivity (Wildman–Crippen MR) is 131 cm³/mol. The number of carbonyl (C=O) groups is 1. The summed E-state index contributed by atoms with van der Waals surface area (Å²) < 4.78 is 7.29. The molecule has 0 spiro atoms. The van der Waals surface area contributed by atoms with E-state index in [-0.39, 0.29) is 17.0 Å². The molecule has 168 valence electrons. The van der Waals surface area contributed by atoms with E-state index in [1.807, 2.05) is 31.2 Å². The zero-order valence-electron chi connectivity index (χ0n) is 18.8. The predicted octanol–water partition coefficient (Wildman–Crippen LogP) is 4.90. The fourth-order valence-corrected chi connectivity index (χ4v) is 3.40. The topological polar surface area (TPSA) is 96.5 Å². The Kier molecular flexibility index (Phi) is 6.51. The number of carbonyl (C=O) groups excluding carboxylic acids is 1. The van der Waals surface area contributed by atoms with E-state index in [1.165, 1.54) is 10.5 Å². The highest BCUT2D eigenvalue weighted by molar-refractivity contribution is 6.09. The number of nitrogens with zero attached hydrogens (tertiary/aromatic N) is 3. The number of anilines is 1. The third-order valence-corrected chi connectivity index (χ3v) is 5.21. The van der Waals surface area contributed by atoms with Gasteiger partial charge in [-0.05, 0) is 66.9 Å². The SMILES string of the molecule is CCc1ccc(Oc2nc3ccccn3c(=O)c2/C=C(/C#N)C(=O)Nc2cccc(C)c2)cc1. The van der Waals surface area contributed by atoms with Gasteiger partial charge in [-0.25, -0.2) is 0 Å². The molecule has 0 aliphatic rings. The van der Waals surface area contributed by atoms with Crippen molar-refractivity contribution in [3.05, 3.63) is 106 Å². The minimum absolute atomic E-state index is 0.000731. The van der Waals surface area contributed by atoms with Crippen molar-refractivity contribution in [3.63, 3.8) is 0 Å². The van der Waals surface area contributed by atoms with Crippen molar-refractivity contribution in [3.8, 4) is 17.7 Å². The smallest absolute Gasteiger partial charge is 0.269 e. The van der Waals surface area contributed by atoms with Crippen LogP contribution in [0.3, 0.4) is 0 Å². The molecule has 0 radical (unpaired) electrons. The van der Waals surface area contributed by atoms with Crippen LogP contribution >= 0.6 is 0 Å². The highest BCUT2D eigenvalue weighted by atomic mass is 16.5. The van der Waals surface area contributed by atoms with E-state index in [0.717, 1.165) is 17.5 Å². The molecule has 4 aromatic rings. The van der Waals surface area contributed by atoms with E-state index in [4.69, 9.17) is 4.74 Å². The third-order valence-electron chi connectivity index (χ3n) is 5.21. The Labute approximate surface area is 196 Å². The number of aromatic nitrogens is 2. The van der Waals surface area contributed by atoms with E-state index in [1.54, 1.807) is 54.7 Å². The number of nitriles is 1. The fraction of sp³-hybridized carbons (Fsp3) is 0.111. The van der Waals surface area contributed by atoms with Crippen LogP contribution in [0.2, 0.25) is 0 Å². The maximum atomic E-state index is 13.3. The summed E-state index contributed by atoms with van der Waals surface area (Å²) in [7, 11) is 0. The standard InChI is InChI=1S/C27H22N4O3/c1-3-19-10-12-22(13-11-19)34-26-23(27(33)31-14-5-4-9-24(31)30-26)16-20(17-28)25(32)29-21-8-6-7-18(2)15-21/h4-16H,3H2,1-2H3,(H,29,32)/b20-16-. The first-order chi connectivity index (χ1) is 16.5. The van der Waals surface area contributed by atoms with Crippen LogP contribution in [0, 0.1) is 18.3 Å². The molecule has 0 fully saturated rings. The van der Waals surface area contributed by atoms with Gasteiger partial charge in [0.05, 0.1) is 0 Å². The normalized spacial score (nSPS) is 11.1. The lowest BCUT2D eigenvalue weighted by molar-refractivity contribution is -0.112. The summed E-state index contributed by atoms with van der Waals surface area (Å²) in [5.41, 5.74) is 2.32. The van der Waals surface area contributed by atoms with E-state index < -0.39 is 11.5 Å². The molecule has 2 aromatic carbocycles. The number of amides is 1. The lowest BCUT2D eigenvalue weighted by atomic mass is 10.1. The van der Waals surface area contributed by atoms with Gasteiger partial charge in [0.25, 0.3) is 11.5 Å². The van der Waals surface area contributed by atoms with Crippen LogP contribution in [0.1, 0.15) is 23.6 Å². The molecular formula is C27H22N4O3. The molecule has 0 saturated heterocycles. The number of hydrogen-bond acceptors (Lipinski definition) is 5. The van der Waals surface area contributed by atoms with Crippen LogP contribution < -0.4 is 15.6 Å². The van der Waals surface area contributed by atoms with Gasteiger partial charge >= 0.3 is 0 Å². The van der Waals surface area contributed by atoms with E-state index >= 15 is 0 Å². The molecule has 0 aliphatic heterocycles. The second-order valence-corrected chi connectivity index (χ2v) is 7.66. The van der Waals surface area contributed by atoms with E-state index in [2.05, 4.69) is 17.2 Å². The Bertz CT molecular complexity index is 1500. The minimum atomic E-state index is -0.635. The highest BCUT2D eigenvalue weighted by Gasteiger charge is 2.17. The van der Waals surface area contributed by atoms with E-state index in [0.29, 0.717) is 17.1 Å². The van der Waals surface area contributed by atoms with Gasteiger partial charge in [0.1, 0.15) is 28.6 Å². The van der Waals surface area contributed by atoms with Crippen LogP contribution in [-0.4, -0.2) is 15.3 Å². The lowest BCUT2D eigenvalue weighted by Gasteiger charge is -2.11. The van der Waals surface area contributed by atoms with Crippen LogP contribution in [0.25, 0.3) is 11.7 Å². The molecule has 1 amide bonds. The third kappa shape index (κ3) is 4.87. The molecule has 7 heteroatoms. The summed E-state index contributed by atoms with van der Waals surface area (Å²) in [6.07, 6.45) is 3.67. The Morgan fingerprint density at radius 1 is 1.15 bits per heavy atom. The quantitative estimate of drug-likeness (QED) is 0.333. The van der Waals surface area contributed by atoms with Crippen molar-refractivity contribution in [1.82, 2.24) is 9.38 Å². The number of fused-ring (bicyclic) bond motifs is 1. The minimum Gasteiger partial charge on any atom is -0.438 e. The van der Waals surface area contributed by atoms with Crippen molar-refractivity contribution < 1.29 is 9.53 Å². The van der Waals surface area contributed by atoms with Crippen LogP contribution in [0.15, 0.2) is 83.3 Å². The monoisotopic (exact) mass is 450 g/mol. The number of rotatable bonds is 6. The molecule has 0 unspecified atom stereocenters. The van der Waals surface area contributed by atoms with Gasteiger partial charge in [-0.3, -0.25) is 14.0 Å². The molecular weight excluding hydrogens is 428 g/mol. The molecule has 2 aromatic heterocycles. The number of hydrogen-bond donors (Lipinski definition) is 1. The Morgan fingerprint density at radius 2 is 1.94 bits per heavy atom. The summed E-state index contributed by atoms with van der Waals surface area (Å²) in [6, 6.07) is 21.7. The van der Waals surface area contributed by atoms with Gasteiger partial charge in [-0.15, -0.1) is 0 Å². The van der Waals surface area contributed by atoms with Gasteiger partial charge < -0.3 is 10.1 Å². The number of aryl methyl sites for hydroxylation is 2. The van der Waals surface area contributed by atoms with Crippen LogP contribution in [0.5, 0.6) is 11.6 Å². The maximum Gasteiger partial charge on any atom is 0.269 e. The van der Waals surface area contributed by atoms with Gasteiger partial charge in [-0.2, -0.15) is 10.2 Å². The number of ether oxygens (including phenoxy) is 1. The summed E-state index contributed by atoms with van der Waals surface area (Å²) in [4.78, 5) is 30.5. The number of pyridine rings is 1. The first-order valence-corrected chi connectivity index (χ1v) is 10.8.